The van der Waals surface area contributed by atoms with Crippen molar-refractivity contribution in [3.8, 4) is 0 Å². The van der Waals surface area contributed by atoms with Crippen LogP contribution in [-0.4, -0.2) is 4.70 Å². The molecule has 0 aliphatic carbocycles. The highest BCUT2D eigenvalue weighted by molar-refractivity contribution is 5.84. The molecule has 0 unspecified atom stereocenters. The van der Waals surface area contributed by atoms with Gasteiger partial charge in [-0.25, -0.2) is 4.70 Å². The third kappa shape index (κ3) is 11.0. The van der Waals surface area contributed by atoms with Gasteiger partial charge in [-0.1, -0.05) is 141 Å². The van der Waals surface area contributed by atoms with Crippen LogP contribution in [0.15, 0.2) is 71.8 Å². The van der Waals surface area contributed by atoms with E-state index in [0.717, 1.165) is 54.6 Å². The van der Waals surface area contributed by atoms with Gasteiger partial charge in [0.25, 0.3) is 0 Å². The molecule has 0 radical (unpaired) electrons. The van der Waals surface area contributed by atoms with Crippen LogP contribution in [0.3, 0.4) is 0 Å². The summed E-state index contributed by atoms with van der Waals surface area (Å²) in [4.78, 5) is 0. The average molecular weight is 581 g/mol. The molecule has 0 bridgehead atoms. The number of nitrogens with zero attached hydrogens (tertiary/aromatic N) is 2. The number of rotatable bonds is 22. The Morgan fingerprint density at radius 2 is 1.02 bits per heavy atom. The Hall–Kier alpha value is -2.74. The van der Waals surface area contributed by atoms with E-state index in [1.165, 1.54) is 117 Å². The molecule has 43 heavy (non-hydrogen) atoms. The fourth-order valence-corrected chi connectivity index (χ4v) is 6.39. The Labute approximate surface area is 264 Å². The largest absolute Gasteiger partial charge is 0.493 e. The van der Waals surface area contributed by atoms with E-state index >= 15 is 0 Å². The Morgan fingerprint density at radius 1 is 0.558 bits per heavy atom. The van der Waals surface area contributed by atoms with Crippen molar-refractivity contribution in [2.45, 2.75) is 150 Å². The minimum absolute atomic E-state index is 0.942. The molecule has 2 nitrogen and oxygen atoms in total. The zero-order valence-electron chi connectivity index (χ0n) is 28.1. The maximum Gasteiger partial charge on any atom is 0.215 e. The number of aryl methyl sites for hydroxylation is 2. The predicted molar refractivity (Wildman–Crippen MR) is 188 cm³/mol. The highest BCUT2D eigenvalue weighted by Crippen LogP contribution is 2.43. The third-order valence-electron chi connectivity index (χ3n) is 8.88. The normalized spacial score (nSPS) is 13.7. The first kappa shape index (κ1) is 34.7. The molecule has 234 valence electrons. The molecule has 0 atom stereocenters. The number of hydrogen-bond donors (Lipinski definition) is 0. The van der Waals surface area contributed by atoms with Gasteiger partial charge >= 0.3 is 0 Å². The summed E-state index contributed by atoms with van der Waals surface area (Å²) in [6.45, 7) is 9.01. The van der Waals surface area contributed by atoms with Crippen LogP contribution in [-0.2, 0) is 12.8 Å². The Kier molecular flexibility index (Phi) is 16.4. The first-order chi connectivity index (χ1) is 21.1. The highest BCUT2D eigenvalue weighted by Gasteiger charge is 2.34. The standard InChI is InChI=1S/C41H60N2/c1-5-9-13-15-17-20-24-34-26-22-28-36(32-34)40-38(30-12-8-4)39(31-19-11-7-3)41(43(40)42)37-29-23-27-35(33-37)25-21-18-16-14-10-6-2/h12,22-23,26-30,32-33H,5-11,13-21,24-25,31H2,1-4H3. The molecule has 2 heteroatoms. The first-order valence-corrected chi connectivity index (χ1v) is 18.0. The fourth-order valence-electron chi connectivity index (χ4n) is 6.39. The highest BCUT2D eigenvalue weighted by atomic mass is 15.2. The molecule has 0 aromatic heterocycles. The molecule has 1 aliphatic rings. The molecule has 0 N–H and O–H groups in total. The molecule has 0 amide bonds. The van der Waals surface area contributed by atoms with Crippen LogP contribution >= 0.6 is 0 Å². The second kappa shape index (κ2) is 20.3. The van der Waals surface area contributed by atoms with E-state index in [4.69, 9.17) is 0 Å². The van der Waals surface area contributed by atoms with Crippen molar-refractivity contribution in [3.63, 3.8) is 0 Å². The molecule has 2 aromatic rings. The molecular formula is C41H60N2. The van der Waals surface area contributed by atoms with E-state index in [9.17, 15) is 5.53 Å². The lowest BCUT2D eigenvalue weighted by Gasteiger charge is -2.12. The second-order valence-electron chi connectivity index (χ2n) is 12.6. The first-order valence-electron chi connectivity index (χ1n) is 18.0. The van der Waals surface area contributed by atoms with Crippen LogP contribution in [0.2, 0.25) is 0 Å². The lowest BCUT2D eigenvalue weighted by Crippen LogP contribution is -2.03. The lowest BCUT2D eigenvalue weighted by molar-refractivity contribution is -0.345. The maximum absolute atomic E-state index is 12.0. The van der Waals surface area contributed by atoms with Gasteiger partial charge in [-0.2, -0.15) is 0 Å². The van der Waals surface area contributed by atoms with Gasteiger partial charge in [0.2, 0.25) is 11.4 Å². The molecular weight excluding hydrogens is 520 g/mol. The fraction of sp³-hybridized carbons (Fsp3) is 0.561. The molecule has 0 saturated heterocycles. The number of unbranched alkanes of at least 4 members (excludes halogenated alkanes) is 12. The summed E-state index contributed by atoms with van der Waals surface area (Å²) in [7, 11) is 0. The van der Waals surface area contributed by atoms with Crippen molar-refractivity contribution in [3.05, 3.63) is 99.6 Å². The second-order valence-corrected chi connectivity index (χ2v) is 12.6. The molecule has 0 spiro atoms. The van der Waals surface area contributed by atoms with Crippen molar-refractivity contribution in [2.75, 3.05) is 0 Å². The van der Waals surface area contributed by atoms with Crippen molar-refractivity contribution in [2.24, 2.45) is 0 Å². The maximum atomic E-state index is 12.0. The summed E-state index contributed by atoms with van der Waals surface area (Å²) in [6, 6.07) is 17.9. The minimum atomic E-state index is 0.942. The molecule has 1 heterocycles. The Balaban J connectivity index is 1.90. The van der Waals surface area contributed by atoms with Crippen LogP contribution in [0.1, 0.15) is 159 Å². The van der Waals surface area contributed by atoms with E-state index in [2.05, 4.69) is 88.4 Å². The van der Waals surface area contributed by atoms with Gasteiger partial charge in [-0.05, 0) is 80.3 Å². The van der Waals surface area contributed by atoms with Gasteiger partial charge in [0.05, 0.1) is 5.57 Å². The molecule has 0 fully saturated rings. The summed E-state index contributed by atoms with van der Waals surface area (Å²) in [5.41, 5.74) is 21.4. The average Bonchev–Trinajstić information content (AvgIpc) is 3.30. The molecule has 3 rings (SSSR count). The Morgan fingerprint density at radius 3 is 1.56 bits per heavy atom. The lowest BCUT2D eigenvalue weighted by atomic mass is 9.93. The summed E-state index contributed by atoms with van der Waals surface area (Å²) in [6.07, 6.45) is 27.9. The number of benzene rings is 2. The van der Waals surface area contributed by atoms with E-state index in [-0.39, 0.29) is 0 Å². The third-order valence-corrected chi connectivity index (χ3v) is 8.88. The van der Waals surface area contributed by atoms with E-state index < -0.39 is 0 Å². The zero-order chi connectivity index (χ0) is 30.7. The van der Waals surface area contributed by atoms with Crippen molar-refractivity contribution < 1.29 is 4.70 Å². The summed E-state index contributed by atoms with van der Waals surface area (Å²) >= 11 is 0. The Bertz CT molecular complexity index is 1210. The summed E-state index contributed by atoms with van der Waals surface area (Å²) in [5.74, 6) is 0. The van der Waals surface area contributed by atoms with Gasteiger partial charge in [-0.15, -0.1) is 0 Å². The van der Waals surface area contributed by atoms with Crippen LogP contribution in [0.25, 0.3) is 16.9 Å². The van der Waals surface area contributed by atoms with Crippen molar-refractivity contribution >= 4 is 11.4 Å². The molecule has 2 aromatic carbocycles. The monoisotopic (exact) mass is 580 g/mol. The van der Waals surface area contributed by atoms with E-state index in [0.29, 0.717) is 0 Å². The van der Waals surface area contributed by atoms with Gasteiger partial charge in [-0.3, -0.25) is 0 Å². The van der Waals surface area contributed by atoms with Crippen LogP contribution in [0, 0.1) is 0 Å². The zero-order valence-corrected chi connectivity index (χ0v) is 28.1. The molecule has 1 aliphatic heterocycles. The van der Waals surface area contributed by atoms with Crippen molar-refractivity contribution in [1.29, 1.82) is 0 Å². The van der Waals surface area contributed by atoms with Crippen molar-refractivity contribution in [1.82, 2.24) is 0 Å². The van der Waals surface area contributed by atoms with Crippen LogP contribution in [0.5, 0.6) is 0 Å². The van der Waals surface area contributed by atoms with Gasteiger partial charge in [0.15, 0.2) is 0 Å². The molecule has 0 saturated carbocycles. The summed E-state index contributed by atoms with van der Waals surface area (Å²) in [5, 5.41) is 0. The summed E-state index contributed by atoms with van der Waals surface area (Å²) < 4.78 is 1.53. The van der Waals surface area contributed by atoms with E-state index in [1.807, 2.05) is 0 Å². The number of hydrogen-bond acceptors (Lipinski definition) is 0. The van der Waals surface area contributed by atoms with Crippen LogP contribution < -0.4 is 0 Å². The van der Waals surface area contributed by atoms with E-state index in [1.54, 1.807) is 0 Å². The smallest absolute Gasteiger partial charge is 0.215 e. The topological polar surface area (TPSA) is 25.3 Å². The quantitative estimate of drug-likeness (QED) is 0.0977. The van der Waals surface area contributed by atoms with Gasteiger partial charge in [0, 0.05) is 16.7 Å². The SMILES string of the molecule is CCC=CC1=C(c2cccc(CCCCCCCC)c2)[N+](=[N-])C(c2cccc(CCCCCCCC)c2)=C1CCCCC. The predicted octanol–water partition coefficient (Wildman–Crippen LogP) is 13.2. The van der Waals surface area contributed by atoms with Gasteiger partial charge in [0.1, 0.15) is 0 Å². The number of allylic oxidation sites excluding steroid dienone is 4. The van der Waals surface area contributed by atoms with Crippen LogP contribution in [0.4, 0.5) is 0 Å². The minimum Gasteiger partial charge on any atom is -0.493 e. The van der Waals surface area contributed by atoms with Gasteiger partial charge < -0.3 is 5.53 Å².